The van der Waals surface area contributed by atoms with Crippen molar-refractivity contribution in [3.63, 3.8) is 0 Å². The number of hydrogen-bond donors (Lipinski definition) is 7. The molecule has 17 rings (SSSR count). The lowest BCUT2D eigenvalue weighted by molar-refractivity contribution is -0.138. The zero-order chi connectivity index (χ0) is 105. The number of carbonyl (C=O) groups is 9. The predicted octanol–water partition coefficient (Wildman–Crippen LogP) is 27.4. The molecule has 0 unspecified atom stereocenters. The van der Waals surface area contributed by atoms with Gasteiger partial charge in [0.1, 0.15) is 0 Å². The Morgan fingerprint density at radius 3 is 0.849 bits per heavy atom. The van der Waals surface area contributed by atoms with E-state index in [-0.39, 0.29) is 104 Å². The molecule has 0 fully saturated rings. The van der Waals surface area contributed by atoms with E-state index in [9.17, 15) is 122 Å². The molecule has 16 aromatic rings. The molecule has 18 nitrogen and oxygen atoms in total. The Morgan fingerprint density at radius 2 is 0.527 bits per heavy atom. The molecule has 0 aromatic heterocycles. The first-order chi connectivity index (χ1) is 69.3. The van der Waals surface area contributed by atoms with Crippen LogP contribution in [0.3, 0.4) is 0 Å². The van der Waals surface area contributed by atoms with Crippen LogP contribution >= 0.6 is 0 Å². The van der Waals surface area contributed by atoms with Gasteiger partial charge in [-0.05, 0) is 230 Å². The zero-order valence-corrected chi connectivity index (χ0v) is 75.3. The first-order valence-electron chi connectivity index (χ1n) is 43.7. The maximum Gasteiger partial charge on any atom is 0.416 e. The fraction of sp³-hybridized carbons (Fsp3) is 0.0909. The Bertz CT molecular complexity index is 7390. The summed E-state index contributed by atoms with van der Waals surface area (Å²) in [6.45, 7) is 0.464. The van der Waals surface area contributed by atoms with E-state index in [1.54, 1.807) is 30.5 Å². The number of aliphatic imine (C=N–C) groups is 1. The van der Waals surface area contributed by atoms with Crippen LogP contribution in [0.1, 0.15) is 154 Å². The molecule has 7 N–H and O–H groups in total. The number of carbonyl (C=O) groups excluding carboxylic acids is 9. The fourth-order valence-corrected chi connectivity index (χ4v) is 15.4. The molecule has 1 aliphatic heterocycles. The number of nitrogens with zero attached hydrogens (tertiary/aromatic N) is 2. The van der Waals surface area contributed by atoms with Crippen molar-refractivity contribution in [3.8, 4) is 0 Å². The number of rotatable bonds is 22. The first-order valence-corrected chi connectivity index (χ1v) is 43.7. The smallest absolute Gasteiger partial charge is 0.322 e. The van der Waals surface area contributed by atoms with E-state index in [0.717, 1.165) is 157 Å². The molecular weight excluding hydrogens is 1930 g/mol. The largest absolute Gasteiger partial charge is 0.416 e. The molecule has 0 spiro atoms. The summed E-state index contributed by atoms with van der Waals surface area (Å²) in [4.78, 5) is 119. The lowest BCUT2D eigenvalue weighted by Gasteiger charge is -2.17. The van der Waals surface area contributed by atoms with Crippen LogP contribution in [-0.4, -0.2) is 64.7 Å². The number of amides is 8. The van der Waals surface area contributed by atoms with Crippen LogP contribution in [0.15, 0.2) is 357 Å². The molecular formula is C110H75F18N9O9. The topological polar surface area (TPSA) is 253 Å². The first kappa shape index (κ1) is 104. The lowest BCUT2D eigenvalue weighted by Crippen LogP contribution is -2.29. The van der Waals surface area contributed by atoms with Gasteiger partial charge in [-0.25, -0.2) is 0 Å². The molecule has 8 amide bonds. The average Bonchev–Trinajstić information content (AvgIpc) is 1.62. The second-order valence-electron chi connectivity index (χ2n) is 32.7. The van der Waals surface area contributed by atoms with Crippen molar-refractivity contribution in [3.05, 3.63) is 463 Å². The molecule has 36 heteroatoms. The van der Waals surface area contributed by atoms with Gasteiger partial charge in [0.15, 0.2) is 6.29 Å². The number of imide groups is 1. The lowest BCUT2D eigenvalue weighted by atomic mass is 10.0. The monoisotopic (exact) mass is 2010 g/mol. The Balaban J connectivity index is 0.000000163. The van der Waals surface area contributed by atoms with Crippen LogP contribution in [0.25, 0.3) is 32.3 Å². The normalized spacial score (nSPS) is 12.1. The van der Waals surface area contributed by atoms with Crippen LogP contribution in [0.2, 0.25) is 0 Å². The van der Waals surface area contributed by atoms with Crippen LogP contribution < -0.4 is 37.2 Å². The number of aldehydes is 1. The minimum absolute atomic E-state index is 0.0409. The van der Waals surface area contributed by atoms with E-state index >= 15 is 0 Å². The van der Waals surface area contributed by atoms with Gasteiger partial charge >= 0.3 is 37.1 Å². The van der Waals surface area contributed by atoms with Gasteiger partial charge in [-0.3, -0.25) is 53.0 Å². The van der Waals surface area contributed by atoms with Crippen molar-refractivity contribution in [2.24, 2.45) is 4.99 Å². The molecule has 0 aliphatic carbocycles. The summed E-state index contributed by atoms with van der Waals surface area (Å²) in [6.07, 6.45) is -25.5. The number of anilines is 6. The van der Waals surface area contributed by atoms with E-state index < -0.39 is 118 Å². The summed E-state index contributed by atoms with van der Waals surface area (Å²) in [7, 11) is 0. The average molecular weight is 2010 g/mol. The minimum Gasteiger partial charge on any atom is -0.322 e. The molecule has 1 heterocycles. The molecule has 0 saturated heterocycles. The van der Waals surface area contributed by atoms with Crippen LogP contribution in [0.5, 0.6) is 0 Å². The van der Waals surface area contributed by atoms with Gasteiger partial charge in [-0.1, -0.05) is 176 Å². The third-order valence-corrected chi connectivity index (χ3v) is 22.3. The van der Waals surface area contributed by atoms with Crippen molar-refractivity contribution in [2.75, 3.05) is 31.9 Å². The second kappa shape index (κ2) is 44.6. The summed E-state index contributed by atoms with van der Waals surface area (Å²) in [5.41, 5.74) is -3.01. The number of alkyl halides is 18. The summed E-state index contributed by atoms with van der Waals surface area (Å²) in [5, 5.41) is 24.6. The number of benzene rings is 16. The molecule has 0 atom stereocenters. The maximum absolute atomic E-state index is 13.2. The molecule has 146 heavy (non-hydrogen) atoms. The Kier molecular flexibility index (Phi) is 31.8. The number of nitrogens with one attached hydrogen (secondary N) is 7. The summed E-state index contributed by atoms with van der Waals surface area (Å²) in [5.74, 6) is -6.40. The van der Waals surface area contributed by atoms with Gasteiger partial charge in [0.25, 0.3) is 47.3 Å². The minimum atomic E-state index is -4.70. The zero-order valence-electron chi connectivity index (χ0n) is 75.3. The quantitative estimate of drug-likeness (QED) is 0.0146. The summed E-state index contributed by atoms with van der Waals surface area (Å²) in [6, 6.07) is 82.7. The van der Waals surface area contributed by atoms with Crippen LogP contribution in [0, 0.1) is 0 Å². The molecule has 0 radical (unpaired) electrons. The SMILES string of the molecule is O=C(Nc1cc(CN2C(=O)c3ccccc3C2=O)cc(NC(=O)c2cccc(C(F)(F)F)c2)c1)c1cccc(C(F)(F)F)c1.O=C(Nc1cc(CN=Cc2cccc3ccccc23)cc(NC(=O)c2cccc(C(F)(F)F)c2)c1)c1cccc(C(F)(F)F)c1.O=C(Nc1cc(CNCc2cccc3ccccc23)cc(NC(=O)c2cccc(C(F)(F)F)c2)c1)c1cccc(C(F)(F)F)c1.O=Cc1cccc2ccccc12. The van der Waals surface area contributed by atoms with E-state index in [1.165, 1.54) is 78.9 Å². The molecule has 1 aliphatic rings. The Hall–Kier alpha value is -17.7. The van der Waals surface area contributed by atoms with E-state index in [0.29, 0.717) is 41.9 Å². The molecule has 740 valence electrons. The van der Waals surface area contributed by atoms with Gasteiger partial charge in [0.2, 0.25) is 0 Å². The van der Waals surface area contributed by atoms with Crippen molar-refractivity contribution >= 4 is 126 Å². The third-order valence-electron chi connectivity index (χ3n) is 22.3. The van der Waals surface area contributed by atoms with Crippen molar-refractivity contribution in [1.29, 1.82) is 0 Å². The summed E-state index contributed by atoms with van der Waals surface area (Å²) >= 11 is 0. The number of hydrogen-bond acceptors (Lipinski definition) is 11. The van der Waals surface area contributed by atoms with Gasteiger partial charge in [0, 0.05) is 97.9 Å². The van der Waals surface area contributed by atoms with Gasteiger partial charge in [-0.15, -0.1) is 0 Å². The number of halogens is 18. The Morgan fingerprint density at radius 1 is 0.267 bits per heavy atom. The standard InChI is InChI=1S/C34H25F6N3O2.C34H23F6N3O2.C31H19F6N3O4.C11H8O/c2*35-33(36,37)26-11-4-8-23(16-26)31(44)42-28-14-21(19-41-20-25-10-3-7-22-6-1-2-13-30(22)25)15-29(18-28)43-32(45)24-9-5-12-27(17-24)34(38,39)40;32-30(33,34)20-7-3-5-18(13-20)26(41)38-22-11-17(16-40-28(43)24-9-1-2-10-25(24)29(40)44)12-23(15-22)39-27(42)19-6-4-8-21(14-19)31(35,36)37;12-8-10-6-3-5-9-4-1-2-7-11(9)10/h1-18,41H,19-20H2,(H,42,44)(H,43,45);1-18,20H,19H2,(H,42,44)(H,43,45);1-15H,16H2,(H,38,41)(H,39,42);1-8H. The Labute approximate surface area is 817 Å². The summed E-state index contributed by atoms with van der Waals surface area (Å²) < 4.78 is 237. The number of fused-ring (bicyclic) bond motifs is 4. The predicted molar refractivity (Wildman–Crippen MR) is 515 cm³/mol. The maximum atomic E-state index is 13.2. The van der Waals surface area contributed by atoms with Crippen LogP contribution in [-0.2, 0) is 63.2 Å². The highest BCUT2D eigenvalue weighted by molar-refractivity contribution is 6.21. The van der Waals surface area contributed by atoms with Crippen molar-refractivity contribution < 1.29 is 122 Å². The van der Waals surface area contributed by atoms with Crippen molar-refractivity contribution in [1.82, 2.24) is 10.2 Å². The molecule has 0 bridgehead atoms. The molecule has 16 aromatic carbocycles. The van der Waals surface area contributed by atoms with Crippen LogP contribution in [0.4, 0.5) is 113 Å². The van der Waals surface area contributed by atoms with Crippen molar-refractivity contribution in [2.45, 2.75) is 63.2 Å². The van der Waals surface area contributed by atoms with E-state index in [2.05, 4.69) is 42.2 Å². The highest BCUT2D eigenvalue weighted by atomic mass is 19.4. The van der Waals surface area contributed by atoms with E-state index in [4.69, 9.17) is 0 Å². The highest BCUT2D eigenvalue weighted by Gasteiger charge is 2.39. The van der Waals surface area contributed by atoms with Gasteiger partial charge in [0.05, 0.1) is 57.6 Å². The second-order valence-corrected chi connectivity index (χ2v) is 32.7. The van der Waals surface area contributed by atoms with Gasteiger partial charge in [-0.2, -0.15) is 79.0 Å². The highest BCUT2D eigenvalue weighted by Crippen LogP contribution is 2.39. The third kappa shape index (κ3) is 27.1. The fourth-order valence-electron chi connectivity index (χ4n) is 15.4. The van der Waals surface area contributed by atoms with Gasteiger partial charge < -0.3 is 37.2 Å². The molecule has 0 saturated carbocycles. The van der Waals surface area contributed by atoms with E-state index in [1.807, 2.05) is 127 Å².